The number of aromatic nitrogens is 3. The third kappa shape index (κ3) is 2.25. The van der Waals surface area contributed by atoms with Crippen molar-refractivity contribution in [3.8, 4) is 0 Å². The lowest BCUT2D eigenvalue weighted by Crippen LogP contribution is -2.22. The van der Waals surface area contributed by atoms with Gasteiger partial charge in [-0.3, -0.25) is 4.79 Å². The molecule has 0 fully saturated rings. The molecule has 1 atom stereocenters. The summed E-state index contributed by atoms with van der Waals surface area (Å²) in [6, 6.07) is -0.466. The first-order chi connectivity index (χ1) is 6.02. The van der Waals surface area contributed by atoms with Gasteiger partial charge in [0.05, 0.1) is 11.7 Å². The molecule has 0 unspecified atom stereocenters. The summed E-state index contributed by atoms with van der Waals surface area (Å²) in [6.45, 7) is 0. The van der Waals surface area contributed by atoms with Crippen molar-refractivity contribution in [2.45, 2.75) is 12.5 Å². The van der Waals surface area contributed by atoms with Gasteiger partial charge in [-0.1, -0.05) is 5.21 Å². The molecular formula is C6H10BrN5O. The summed E-state index contributed by atoms with van der Waals surface area (Å²) in [6.07, 6.45) is 0.0831. The van der Waals surface area contributed by atoms with Gasteiger partial charge in [0, 0.05) is 13.5 Å². The minimum Gasteiger partial charge on any atom is -0.370 e. The Hall–Kier alpha value is -0.950. The van der Waals surface area contributed by atoms with E-state index in [1.54, 1.807) is 7.05 Å². The van der Waals surface area contributed by atoms with E-state index in [0.717, 1.165) is 0 Å². The Bertz CT molecular complexity index is 303. The van der Waals surface area contributed by atoms with E-state index < -0.39 is 11.9 Å². The molecule has 0 aliphatic carbocycles. The summed E-state index contributed by atoms with van der Waals surface area (Å²) >= 11 is 3.18. The fourth-order valence-corrected chi connectivity index (χ4v) is 1.67. The van der Waals surface area contributed by atoms with Crippen molar-refractivity contribution in [3.05, 3.63) is 10.3 Å². The van der Waals surface area contributed by atoms with Crippen molar-refractivity contribution in [3.63, 3.8) is 0 Å². The van der Waals surface area contributed by atoms with Crippen LogP contribution >= 0.6 is 15.9 Å². The van der Waals surface area contributed by atoms with Crippen LogP contribution in [0.2, 0.25) is 0 Å². The van der Waals surface area contributed by atoms with Crippen LogP contribution in [0.4, 0.5) is 0 Å². The number of rotatable bonds is 3. The quantitative estimate of drug-likeness (QED) is 0.749. The van der Waals surface area contributed by atoms with Gasteiger partial charge in [-0.25, -0.2) is 4.68 Å². The molecule has 1 amide bonds. The Labute approximate surface area is 83.4 Å². The average Bonchev–Trinajstić information content (AvgIpc) is 2.29. The van der Waals surface area contributed by atoms with Gasteiger partial charge in [-0.15, -0.1) is 5.10 Å². The zero-order valence-electron chi connectivity index (χ0n) is 7.07. The molecule has 13 heavy (non-hydrogen) atoms. The first-order valence-corrected chi connectivity index (χ1v) is 4.40. The third-order valence-electron chi connectivity index (χ3n) is 1.60. The van der Waals surface area contributed by atoms with Crippen LogP contribution in [0.5, 0.6) is 0 Å². The van der Waals surface area contributed by atoms with Gasteiger partial charge in [-0.2, -0.15) is 0 Å². The summed E-state index contributed by atoms with van der Waals surface area (Å²) in [7, 11) is 1.70. The second kappa shape index (κ2) is 3.84. The fraction of sp³-hybridized carbons (Fsp3) is 0.500. The fourth-order valence-electron chi connectivity index (χ4n) is 1.05. The largest absolute Gasteiger partial charge is 0.370 e. The first-order valence-electron chi connectivity index (χ1n) is 3.61. The molecular weight excluding hydrogens is 238 g/mol. The highest BCUT2D eigenvalue weighted by atomic mass is 79.9. The zero-order chi connectivity index (χ0) is 10.0. The van der Waals surface area contributed by atoms with Crippen molar-refractivity contribution in [2.24, 2.45) is 18.5 Å². The maximum Gasteiger partial charge on any atom is 0.219 e. The van der Waals surface area contributed by atoms with Crippen LogP contribution in [-0.2, 0) is 11.8 Å². The van der Waals surface area contributed by atoms with Gasteiger partial charge in [0.15, 0.2) is 4.60 Å². The molecule has 0 radical (unpaired) electrons. The smallest absolute Gasteiger partial charge is 0.219 e. The van der Waals surface area contributed by atoms with E-state index in [4.69, 9.17) is 11.5 Å². The monoisotopic (exact) mass is 247 g/mol. The van der Waals surface area contributed by atoms with E-state index in [9.17, 15) is 4.79 Å². The predicted molar refractivity (Wildman–Crippen MR) is 49.4 cm³/mol. The van der Waals surface area contributed by atoms with Crippen LogP contribution in [0.25, 0.3) is 0 Å². The van der Waals surface area contributed by atoms with Gasteiger partial charge < -0.3 is 11.5 Å². The highest BCUT2D eigenvalue weighted by molar-refractivity contribution is 9.10. The Morgan fingerprint density at radius 3 is 2.77 bits per heavy atom. The van der Waals surface area contributed by atoms with Gasteiger partial charge in [-0.05, 0) is 15.9 Å². The number of nitrogens with two attached hydrogens (primary N) is 2. The Balaban J connectivity index is 2.87. The van der Waals surface area contributed by atoms with Crippen LogP contribution in [0.15, 0.2) is 4.60 Å². The van der Waals surface area contributed by atoms with Gasteiger partial charge in [0.2, 0.25) is 5.91 Å². The number of carbonyl (C=O) groups is 1. The van der Waals surface area contributed by atoms with Crippen molar-refractivity contribution >= 4 is 21.8 Å². The van der Waals surface area contributed by atoms with Crippen LogP contribution in [0.3, 0.4) is 0 Å². The molecule has 0 saturated heterocycles. The molecule has 0 saturated carbocycles. The molecule has 1 aromatic heterocycles. The number of halogens is 1. The first kappa shape index (κ1) is 10.1. The Morgan fingerprint density at radius 2 is 2.38 bits per heavy atom. The van der Waals surface area contributed by atoms with Crippen LogP contribution in [0, 0.1) is 0 Å². The summed E-state index contributed by atoms with van der Waals surface area (Å²) in [5, 5.41) is 7.47. The second-order valence-electron chi connectivity index (χ2n) is 2.67. The number of carbonyl (C=O) groups excluding carboxylic acids is 1. The maximum atomic E-state index is 10.6. The topological polar surface area (TPSA) is 99.8 Å². The molecule has 0 aromatic carbocycles. The molecule has 0 aliphatic rings. The minimum absolute atomic E-state index is 0.0831. The van der Waals surface area contributed by atoms with Crippen molar-refractivity contribution in [2.75, 3.05) is 0 Å². The number of primary amides is 1. The number of nitrogens with zero attached hydrogens (tertiary/aromatic N) is 3. The van der Waals surface area contributed by atoms with Crippen LogP contribution in [-0.4, -0.2) is 20.9 Å². The summed E-state index contributed by atoms with van der Waals surface area (Å²) in [4.78, 5) is 10.6. The predicted octanol–water partition coefficient (Wildman–Crippen LogP) is -0.547. The van der Waals surface area contributed by atoms with E-state index in [-0.39, 0.29) is 6.42 Å². The highest BCUT2D eigenvalue weighted by Gasteiger charge is 2.17. The van der Waals surface area contributed by atoms with E-state index in [1.807, 2.05) is 0 Å². The Morgan fingerprint density at radius 1 is 1.77 bits per heavy atom. The molecule has 0 bridgehead atoms. The second-order valence-corrected chi connectivity index (χ2v) is 3.42. The lowest BCUT2D eigenvalue weighted by Gasteiger charge is -2.08. The van der Waals surface area contributed by atoms with E-state index in [2.05, 4.69) is 26.2 Å². The Kier molecular flexibility index (Phi) is 2.99. The van der Waals surface area contributed by atoms with Crippen molar-refractivity contribution in [1.82, 2.24) is 15.0 Å². The van der Waals surface area contributed by atoms with Crippen LogP contribution < -0.4 is 11.5 Å². The molecule has 6 nitrogen and oxygen atoms in total. The van der Waals surface area contributed by atoms with E-state index >= 15 is 0 Å². The highest BCUT2D eigenvalue weighted by Crippen LogP contribution is 2.20. The summed E-state index contributed by atoms with van der Waals surface area (Å²) in [5.41, 5.74) is 11.4. The molecule has 1 rings (SSSR count). The van der Waals surface area contributed by atoms with Gasteiger partial charge >= 0.3 is 0 Å². The van der Waals surface area contributed by atoms with Gasteiger partial charge in [0.25, 0.3) is 0 Å². The summed E-state index contributed by atoms with van der Waals surface area (Å²) < 4.78 is 2.06. The zero-order valence-corrected chi connectivity index (χ0v) is 8.65. The average molecular weight is 248 g/mol. The summed E-state index contributed by atoms with van der Waals surface area (Å²) in [5.74, 6) is -0.444. The molecule has 72 valence electrons. The molecule has 1 heterocycles. The minimum atomic E-state index is -0.466. The normalized spacial score (nSPS) is 12.8. The number of aryl methyl sites for hydroxylation is 1. The molecule has 7 heteroatoms. The standard InChI is InChI=1S/C6H10BrN5O/c1-12-5(6(7)10-11-12)3(8)2-4(9)13/h3H,2,8H2,1H3,(H2,9,13)/t3-/m1/s1. The number of amides is 1. The number of hydrogen-bond acceptors (Lipinski definition) is 4. The molecule has 0 spiro atoms. The van der Waals surface area contributed by atoms with Crippen molar-refractivity contribution in [1.29, 1.82) is 0 Å². The molecule has 1 aromatic rings. The van der Waals surface area contributed by atoms with Gasteiger partial charge in [0.1, 0.15) is 0 Å². The lowest BCUT2D eigenvalue weighted by molar-refractivity contribution is -0.118. The van der Waals surface area contributed by atoms with E-state index in [1.165, 1.54) is 4.68 Å². The molecule has 0 aliphatic heterocycles. The maximum absolute atomic E-state index is 10.6. The van der Waals surface area contributed by atoms with Crippen LogP contribution in [0.1, 0.15) is 18.2 Å². The lowest BCUT2D eigenvalue weighted by atomic mass is 10.1. The number of hydrogen-bond donors (Lipinski definition) is 2. The SMILES string of the molecule is Cn1nnc(Br)c1[C@H](N)CC(N)=O. The molecule has 4 N–H and O–H groups in total. The third-order valence-corrected chi connectivity index (χ3v) is 2.16. The van der Waals surface area contributed by atoms with Crippen molar-refractivity contribution < 1.29 is 4.79 Å². The van der Waals surface area contributed by atoms with E-state index in [0.29, 0.717) is 10.3 Å².